The number of nitrogens with zero attached hydrogens (tertiary/aromatic N) is 1. The SMILES string of the molecule is NC1CCCC(=O)N(C2CC2)C1c1sccc1Br. The van der Waals surface area contributed by atoms with Gasteiger partial charge in [0.2, 0.25) is 5.91 Å². The first-order valence-corrected chi connectivity index (χ1v) is 8.15. The predicted octanol–water partition coefficient (Wildman–Crippen LogP) is 3.05. The fourth-order valence-electron chi connectivity index (χ4n) is 2.76. The summed E-state index contributed by atoms with van der Waals surface area (Å²) in [6.45, 7) is 0. The Morgan fingerprint density at radius 3 is 2.78 bits per heavy atom. The second-order valence-electron chi connectivity index (χ2n) is 5.17. The summed E-state index contributed by atoms with van der Waals surface area (Å²) in [6.07, 6.45) is 4.78. The van der Waals surface area contributed by atoms with Crippen LogP contribution < -0.4 is 5.73 Å². The van der Waals surface area contributed by atoms with E-state index in [-0.39, 0.29) is 18.0 Å². The van der Waals surface area contributed by atoms with E-state index in [9.17, 15) is 4.79 Å². The van der Waals surface area contributed by atoms with Crippen molar-refractivity contribution in [3.05, 3.63) is 20.8 Å². The summed E-state index contributed by atoms with van der Waals surface area (Å²) in [5, 5.41) is 2.06. The zero-order valence-corrected chi connectivity index (χ0v) is 12.5. The van der Waals surface area contributed by atoms with Crippen LogP contribution in [-0.2, 0) is 4.79 Å². The molecule has 2 unspecified atom stereocenters. The van der Waals surface area contributed by atoms with Crippen molar-refractivity contribution in [1.29, 1.82) is 0 Å². The largest absolute Gasteiger partial charge is 0.330 e. The molecule has 1 aliphatic carbocycles. The molecule has 2 atom stereocenters. The first kappa shape index (κ1) is 12.6. The third-order valence-electron chi connectivity index (χ3n) is 3.77. The molecule has 18 heavy (non-hydrogen) atoms. The standard InChI is InChI=1S/C13H17BrN2OS/c14-9-6-7-18-13(9)12-10(15)2-1-3-11(17)16(12)8-4-5-8/h6-8,10,12H,1-5,15H2. The molecular weight excluding hydrogens is 312 g/mol. The van der Waals surface area contributed by atoms with Gasteiger partial charge in [0.1, 0.15) is 0 Å². The highest BCUT2D eigenvalue weighted by atomic mass is 79.9. The van der Waals surface area contributed by atoms with Crippen LogP contribution in [0.15, 0.2) is 15.9 Å². The minimum Gasteiger partial charge on any atom is -0.330 e. The number of hydrogen-bond acceptors (Lipinski definition) is 3. The van der Waals surface area contributed by atoms with Gasteiger partial charge in [0.15, 0.2) is 0 Å². The number of amides is 1. The van der Waals surface area contributed by atoms with Gasteiger partial charge in [0.05, 0.1) is 6.04 Å². The van der Waals surface area contributed by atoms with Gasteiger partial charge in [-0.05, 0) is 53.1 Å². The first-order valence-electron chi connectivity index (χ1n) is 6.48. The van der Waals surface area contributed by atoms with Crippen LogP contribution >= 0.6 is 27.3 Å². The van der Waals surface area contributed by atoms with Gasteiger partial charge >= 0.3 is 0 Å². The van der Waals surface area contributed by atoms with E-state index in [1.807, 2.05) is 6.07 Å². The third-order valence-corrected chi connectivity index (χ3v) is 5.72. The van der Waals surface area contributed by atoms with Gasteiger partial charge in [-0.2, -0.15) is 0 Å². The van der Waals surface area contributed by atoms with E-state index >= 15 is 0 Å². The predicted molar refractivity (Wildman–Crippen MR) is 76.5 cm³/mol. The number of thiophene rings is 1. The molecule has 5 heteroatoms. The molecule has 3 rings (SSSR count). The zero-order chi connectivity index (χ0) is 12.7. The quantitative estimate of drug-likeness (QED) is 0.906. The Morgan fingerprint density at radius 1 is 1.39 bits per heavy atom. The second-order valence-corrected chi connectivity index (χ2v) is 6.97. The van der Waals surface area contributed by atoms with E-state index in [1.165, 1.54) is 4.88 Å². The molecule has 1 aromatic rings. The highest BCUT2D eigenvalue weighted by Crippen LogP contribution is 2.43. The maximum atomic E-state index is 12.3. The molecule has 3 nitrogen and oxygen atoms in total. The lowest BCUT2D eigenvalue weighted by Crippen LogP contribution is -2.43. The van der Waals surface area contributed by atoms with Gasteiger partial charge in [0.25, 0.3) is 0 Å². The van der Waals surface area contributed by atoms with Crippen molar-refractivity contribution < 1.29 is 4.79 Å². The van der Waals surface area contributed by atoms with E-state index in [0.29, 0.717) is 12.5 Å². The summed E-state index contributed by atoms with van der Waals surface area (Å²) in [5.41, 5.74) is 6.35. The molecule has 1 aliphatic heterocycles. The van der Waals surface area contributed by atoms with Gasteiger partial charge in [-0.25, -0.2) is 0 Å². The van der Waals surface area contributed by atoms with Crippen molar-refractivity contribution in [1.82, 2.24) is 4.90 Å². The molecule has 0 bridgehead atoms. The van der Waals surface area contributed by atoms with Crippen LogP contribution in [0.1, 0.15) is 43.0 Å². The number of halogens is 1. The van der Waals surface area contributed by atoms with Gasteiger partial charge in [0, 0.05) is 27.9 Å². The van der Waals surface area contributed by atoms with Crippen LogP contribution in [-0.4, -0.2) is 22.9 Å². The minimum absolute atomic E-state index is 0.0620. The van der Waals surface area contributed by atoms with Crippen molar-refractivity contribution in [3.8, 4) is 0 Å². The Hall–Kier alpha value is -0.390. The first-order chi connectivity index (χ1) is 8.68. The summed E-state index contributed by atoms with van der Waals surface area (Å²) in [6, 6.07) is 2.61. The van der Waals surface area contributed by atoms with Crippen LogP contribution in [0.4, 0.5) is 0 Å². The summed E-state index contributed by atoms with van der Waals surface area (Å²) in [7, 11) is 0. The van der Waals surface area contributed by atoms with Gasteiger partial charge in [-0.1, -0.05) is 0 Å². The van der Waals surface area contributed by atoms with Crippen LogP contribution in [0, 0.1) is 0 Å². The van der Waals surface area contributed by atoms with Crippen molar-refractivity contribution in [2.75, 3.05) is 0 Å². The Balaban J connectivity index is 1.99. The van der Waals surface area contributed by atoms with Gasteiger partial charge < -0.3 is 10.6 Å². The number of carbonyl (C=O) groups excluding carboxylic acids is 1. The molecule has 0 spiro atoms. The van der Waals surface area contributed by atoms with E-state index in [4.69, 9.17) is 5.73 Å². The van der Waals surface area contributed by atoms with Crippen LogP contribution in [0.2, 0.25) is 0 Å². The van der Waals surface area contributed by atoms with E-state index in [2.05, 4.69) is 26.2 Å². The van der Waals surface area contributed by atoms with Gasteiger partial charge in [-0.3, -0.25) is 4.79 Å². The monoisotopic (exact) mass is 328 g/mol. The zero-order valence-electron chi connectivity index (χ0n) is 10.1. The molecule has 2 fully saturated rings. The summed E-state index contributed by atoms with van der Waals surface area (Å²) < 4.78 is 1.09. The Kier molecular flexibility index (Phi) is 3.47. The summed E-state index contributed by atoms with van der Waals surface area (Å²) in [5.74, 6) is 0.288. The number of rotatable bonds is 2. The molecule has 2 N–H and O–H groups in total. The smallest absolute Gasteiger partial charge is 0.223 e. The fourth-order valence-corrected chi connectivity index (χ4v) is 4.54. The molecule has 0 radical (unpaired) electrons. The highest BCUT2D eigenvalue weighted by molar-refractivity contribution is 9.10. The maximum absolute atomic E-state index is 12.3. The Labute approximate surface area is 119 Å². The second kappa shape index (κ2) is 4.94. The average Bonchev–Trinajstić information content (AvgIpc) is 3.09. The Bertz CT molecular complexity index is 458. The minimum atomic E-state index is 0.0620. The average molecular weight is 329 g/mol. The molecule has 2 aliphatic rings. The lowest BCUT2D eigenvalue weighted by Gasteiger charge is -2.33. The fraction of sp³-hybridized carbons (Fsp3) is 0.615. The number of carbonyl (C=O) groups is 1. The van der Waals surface area contributed by atoms with Gasteiger partial charge in [-0.15, -0.1) is 11.3 Å². The molecule has 98 valence electrons. The molecule has 1 aromatic heterocycles. The molecular formula is C13H17BrN2OS. The molecule has 1 saturated heterocycles. The van der Waals surface area contributed by atoms with Crippen molar-refractivity contribution in [3.63, 3.8) is 0 Å². The maximum Gasteiger partial charge on any atom is 0.223 e. The van der Waals surface area contributed by atoms with Crippen molar-refractivity contribution in [2.45, 2.75) is 50.2 Å². The number of likely N-dealkylation sites (tertiary alicyclic amines) is 1. The third kappa shape index (κ3) is 2.24. The molecule has 0 aromatic carbocycles. The van der Waals surface area contributed by atoms with Crippen molar-refractivity contribution in [2.24, 2.45) is 5.73 Å². The van der Waals surface area contributed by atoms with Crippen LogP contribution in [0.25, 0.3) is 0 Å². The normalized spacial score (nSPS) is 29.4. The highest BCUT2D eigenvalue weighted by Gasteiger charge is 2.42. The topological polar surface area (TPSA) is 46.3 Å². The Morgan fingerprint density at radius 2 is 2.17 bits per heavy atom. The lowest BCUT2D eigenvalue weighted by molar-refractivity contribution is -0.133. The van der Waals surface area contributed by atoms with Crippen molar-refractivity contribution >= 4 is 33.2 Å². The summed E-state index contributed by atoms with van der Waals surface area (Å²) in [4.78, 5) is 15.6. The molecule has 2 heterocycles. The molecule has 1 saturated carbocycles. The van der Waals surface area contributed by atoms with E-state index < -0.39 is 0 Å². The van der Waals surface area contributed by atoms with E-state index in [1.54, 1.807) is 11.3 Å². The number of hydrogen-bond donors (Lipinski definition) is 1. The summed E-state index contributed by atoms with van der Waals surface area (Å²) >= 11 is 5.29. The van der Waals surface area contributed by atoms with Crippen LogP contribution in [0.3, 0.4) is 0 Å². The van der Waals surface area contributed by atoms with Crippen LogP contribution in [0.5, 0.6) is 0 Å². The van der Waals surface area contributed by atoms with E-state index in [0.717, 1.165) is 30.2 Å². The molecule has 1 amide bonds. The number of nitrogens with two attached hydrogens (primary N) is 1. The lowest BCUT2D eigenvalue weighted by atomic mass is 10.0.